The summed E-state index contributed by atoms with van der Waals surface area (Å²) in [4.78, 5) is 14.9. The van der Waals surface area contributed by atoms with Crippen molar-refractivity contribution in [3.8, 4) is 5.75 Å². The first-order chi connectivity index (χ1) is 6.74. The molecule has 0 saturated heterocycles. The molecule has 5 heteroatoms. The molecule has 1 N–H and O–H groups in total. The van der Waals surface area contributed by atoms with Gasteiger partial charge in [-0.3, -0.25) is 0 Å². The van der Waals surface area contributed by atoms with E-state index in [-0.39, 0.29) is 5.56 Å². The maximum Gasteiger partial charge on any atom is 0.337 e. The standard InChI is InChI=1S/C9H7NO3S/c1-13-6-3-2-5(9(11)12)8-7(6)10-4-14-8/h2-4H,1H3,(H,11,12). The molecule has 2 aromatic rings. The van der Waals surface area contributed by atoms with E-state index in [1.807, 2.05) is 0 Å². The fraction of sp³-hybridized carbons (Fsp3) is 0.111. The fourth-order valence-corrected chi connectivity index (χ4v) is 2.07. The summed E-state index contributed by atoms with van der Waals surface area (Å²) in [7, 11) is 1.54. The number of benzene rings is 1. The van der Waals surface area contributed by atoms with E-state index < -0.39 is 5.97 Å². The third-order valence-electron chi connectivity index (χ3n) is 1.90. The average Bonchev–Trinajstić information content (AvgIpc) is 2.64. The number of rotatable bonds is 2. The zero-order valence-electron chi connectivity index (χ0n) is 7.35. The van der Waals surface area contributed by atoms with Crippen LogP contribution in [0.25, 0.3) is 10.2 Å². The van der Waals surface area contributed by atoms with Gasteiger partial charge in [-0.1, -0.05) is 0 Å². The van der Waals surface area contributed by atoms with Crippen LogP contribution in [0.15, 0.2) is 17.6 Å². The van der Waals surface area contributed by atoms with Crippen LogP contribution in [0, 0.1) is 0 Å². The molecule has 4 nitrogen and oxygen atoms in total. The molecule has 0 aliphatic rings. The molecule has 72 valence electrons. The van der Waals surface area contributed by atoms with Crippen molar-refractivity contribution in [1.29, 1.82) is 0 Å². The van der Waals surface area contributed by atoms with E-state index in [1.54, 1.807) is 11.6 Å². The van der Waals surface area contributed by atoms with Gasteiger partial charge in [-0.2, -0.15) is 0 Å². The van der Waals surface area contributed by atoms with E-state index in [1.165, 1.54) is 24.5 Å². The predicted molar refractivity (Wildman–Crippen MR) is 53.1 cm³/mol. The highest BCUT2D eigenvalue weighted by atomic mass is 32.1. The molecule has 1 aromatic carbocycles. The van der Waals surface area contributed by atoms with Crippen LogP contribution in [-0.2, 0) is 0 Å². The first-order valence-corrected chi connectivity index (χ1v) is 4.75. The van der Waals surface area contributed by atoms with E-state index in [4.69, 9.17) is 9.84 Å². The summed E-state index contributed by atoms with van der Waals surface area (Å²) in [6.07, 6.45) is 0. The first-order valence-electron chi connectivity index (χ1n) is 3.87. The lowest BCUT2D eigenvalue weighted by molar-refractivity contribution is 0.0699. The van der Waals surface area contributed by atoms with Crippen molar-refractivity contribution in [2.45, 2.75) is 0 Å². The Morgan fingerprint density at radius 2 is 2.36 bits per heavy atom. The van der Waals surface area contributed by atoms with Crippen molar-refractivity contribution in [3.05, 3.63) is 23.2 Å². The second-order valence-corrected chi connectivity index (χ2v) is 3.51. The predicted octanol–water partition coefficient (Wildman–Crippen LogP) is 2.00. The minimum atomic E-state index is -0.943. The lowest BCUT2D eigenvalue weighted by Gasteiger charge is -2.01. The molecule has 2 rings (SSSR count). The molecule has 0 aliphatic heterocycles. The summed E-state index contributed by atoms with van der Waals surface area (Å²) in [6, 6.07) is 3.15. The molecule has 0 bridgehead atoms. The Morgan fingerprint density at radius 1 is 1.57 bits per heavy atom. The molecule has 1 heterocycles. The summed E-state index contributed by atoms with van der Waals surface area (Å²) >= 11 is 1.30. The van der Waals surface area contributed by atoms with Crippen molar-refractivity contribution in [2.24, 2.45) is 0 Å². The molecule has 0 saturated carbocycles. The van der Waals surface area contributed by atoms with E-state index in [2.05, 4.69) is 4.98 Å². The van der Waals surface area contributed by atoms with Crippen molar-refractivity contribution in [2.75, 3.05) is 7.11 Å². The molecule has 1 aromatic heterocycles. The number of hydrogen-bond acceptors (Lipinski definition) is 4. The van der Waals surface area contributed by atoms with Crippen molar-refractivity contribution in [3.63, 3.8) is 0 Å². The number of hydrogen-bond donors (Lipinski definition) is 1. The van der Waals surface area contributed by atoms with Gasteiger partial charge in [0.1, 0.15) is 11.3 Å². The van der Waals surface area contributed by atoms with Crippen LogP contribution in [0.2, 0.25) is 0 Å². The zero-order chi connectivity index (χ0) is 10.1. The molecule has 0 amide bonds. The Bertz CT molecular complexity index is 492. The van der Waals surface area contributed by atoms with E-state index >= 15 is 0 Å². The van der Waals surface area contributed by atoms with E-state index in [0.29, 0.717) is 16.0 Å². The summed E-state index contributed by atoms with van der Waals surface area (Å²) in [5, 5.41) is 8.90. The van der Waals surface area contributed by atoms with Crippen LogP contribution in [0.3, 0.4) is 0 Å². The Hall–Kier alpha value is -1.62. The molecule has 0 spiro atoms. The quantitative estimate of drug-likeness (QED) is 0.821. The van der Waals surface area contributed by atoms with Gasteiger partial charge < -0.3 is 9.84 Å². The molecule has 0 fully saturated rings. The van der Waals surface area contributed by atoms with Gasteiger partial charge in [0.15, 0.2) is 0 Å². The van der Waals surface area contributed by atoms with Gasteiger partial charge >= 0.3 is 5.97 Å². The van der Waals surface area contributed by atoms with Gasteiger partial charge in [0.2, 0.25) is 0 Å². The van der Waals surface area contributed by atoms with Gasteiger partial charge in [-0.15, -0.1) is 11.3 Å². The third-order valence-corrected chi connectivity index (χ3v) is 2.76. The Balaban J connectivity index is 2.78. The van der Waals surface area contributed by atoms with Crippen LogP contribution in [0.4, 0.5) is 0 Å². The molecule has 0 radical (unpaired) electrons. The number of aromatic carboxylic acids is 1. The topological polar surface area (TPSA) is 59.4 Å². The van der Waals surface area contributed by atoms with Gasteiger partial charge in [-0.25, -0.2) is 9.78 Å². The molecule has 0 aliphatic carbocycles. The monoisotopic (exact) mass is 209 g/mol. The molecule has 0 unspecified atom stereocenters. The molecule has 14 heavy (non-hydrogen) atoms. The maximum atomic E-state index is 10.9. The number of thiazole rings is 1. The normalized spacial score (nSPS) is 10.4. The molecular weight excluding hydrogens is 202 g/mol. The van der Waals surface area contributed by atoms with E-state index in [0.717, 1.165) is 0 Å². The first kappa shape index (κ1) is 8.96. The summed E-state index contributed by atoms with van der Waals surface area (Å²) in [6.45, 7) is 0. The van der Waals surface area contributed by atoms with Crippen LogP contribution in [-0.4, -0.2) is 23.2 Å². The Morgan fingerprint density at radius 3 is 3.00 bits per heavy atom. The number of fused-ring (bicyclic) bond motifs is 1. The summed E-state index contributed by atoms with van der Waals surface area (Å²) in [5.41, 5.74) is 2.49. The summed E-state index contributed by atoms with van der Waals surface area (Å²) < 4.78 is 5.72. The van der Waals surface area contributed by atoms with Crippen molar-refractivity contribution < 1.29 is 14.6 Å². The lowest BCUT2D eigenvalue weighted by atomic mass is 10.2. The highest BCUT2D eigenvalue weighted by molar-refractivity contribution is 7.17. The number of aromatic nitrogens is 1. The number of ether oxygens (including phenoxy) is 1. The SMILES string of the molecule is COc1ccc(C(=O)O)c2scnc12. The highest BCUT2D eigenvalue weighted by Crippen LogP contribution is 2.30. The van der Waals surface area contributed by atoms with Crippen LogP contribution in [0.5, 0.6) is 5.75 Å². The Kier molecular flexibility index (Phi) is 2.09. The largest absolute Gasteiger partial charge is 0.494 e. The minimum Gasteiger partial charge on any atom is -0.494 e. The summed E-state index contributed by atoms with van der Waals surface area (Å²) in [5.74, 6) is -0.340. The minimum absolute atomic E-state index is 0.267. The number of carboxylic acid groups (broad SMARTS) is 1. The number of carbonyl (C=O) groups is 1. The van der Waals surface area contributed by atoms with Gasteiger partial charge in [0.05, 0.1) is 22.9 Å². The second kappa shape index (κ2) is 3.26. The highest BCUT2D eigenvalue weighted by Gasteiger charge is 2.13. The number of methoxy groups -OCH3 is 1. The molecule has 0 atom stereocenters. The van der Waals surface area contributed by atoms with Crippen molar-refractivity contribution in [1.82, 2.24) is 4.98 Å². The molecular formula is C9H7NO3S. The van der Waals surface area contributed by atoms with Crippen LogP contribution in [0.1, 0.15) is 10.4 Å². The van der Waals surface area contributed by atoms with Gasteiger partial charge in [0.25, 0.3) is 0 Å². The number of carboxylic acids is 1. The van der Waals surface area contributed by atoms with Crippen LogP contribution >= 0.6 is 11.3 Å². The van der Waals surface area contributed by atoms with Gasteiger partial charge in [-0.05, 0) is 12.1 Å². The second-order valence-electron chi connectivity index (χ2n) is 2.65. The lowest BCUT2D eigenvalue weighted by Crippen LogP contribution is -1.96. The van der Waals surface area contributed by atoms with Crippen molar-refractivity contribution >= 4 is 27.5 Å². The smallest absolute Gasteiger partial charge is 0.337 e. The van der Waals surface area contributed by atoms with Crippen LogP contribution < -0.4 is 4.74 Å². The van der Waals surface area contributed by atoms with Gasteiger partial charge in [0, 0.05) is 0 Å². The third kappa shape index (κ3) is 1.22. The number of nitrogens with zero attached hydrogens (tertiary/aromatic N) is 1. The fourth-order valence-electron chi connectivity index (χ4n) is 1.26. The zero-order valence-corrected chi connectivity index (χ0v) is 8.17. The maximum absolute atomic E-state index is 10.9. The Labute approximate surface area is 83.8 Å². The average molecular weight is 209 g/mol. The van der Waals surface area contributed by atoms with E-state index in [9.17, 15) is 4.79 Å².